The molecule has 2 rings (SSSR count). The number of hydrogen-bond acceptors (Lipinski definition) is 8. The normalized spacial score (nSPS) is 12.5. The molecule has 0 spiro atoms. The van der Waals surface area contributed by atoms with E-state index in [0.29, 0.717) is 6.07 Å². The van der Waals surface area contributed by atoms with Gasteiger partial charge in [-0.2, -0.15) is 13.2 Å². The third kappa shape index (κ3) is 4.71. The monoisotopic (exact) mass is 467 g/mol. The summed E-state index contributed by atoms with van der Waals surface area (Å²) in [5.41, 5.74) is 1.28. The molecule has 0 unspecified atom stereocenters. The van der Waals surface area contributed by atoms with Crippen LogP contribution >= 0.6 is 11.3 Å². The number of sulfone groups is 1. The van der Waals surface area contributed by atoms with Gasteiger partial charge in [-0.1, -0.05) is 0 Å². The molecule has 14 heteroatoms. The lowest BCUT2D eigenvalue weighted by molar-refractivity contribution is -0.140. The predicted octanol–water partition coefficient (Wildman–Crippen LogP) is 1.81. The van der Waals surface area contributed by atoms with Crippen LogP contribution in [0.4, 0.5) is 18.2 Å². The Morgan fingerprint density at radius 2 is 1.87 bits per heavy atom. The Kier molecular flexibility index (Phi) is 6.16. The molecular formula is C16H16F3N3O6S2. The van der Waals surface area contributed by atoms with Crippen LogP contribution in [0, 0.1) is 0 Å². The maximum Gasteiger partial charge on any atom is 0.419 e. The van der Waals surface area contributed by atoms with E-state index in [9.17, 15) is 36.3 Å². The highest BCUT2D eigenvalue weighted by Crippen LogP contribution is 2.40. The second-order valence-corrected chi connectivity index (χ2v) is 9.54. The maximum atomic E-state index is 13.3. The van der Waals surface area contributed by atoms with Gasteiger partial charge in [0, 0.05) is 6.07 Å². The summed E-state index contributed by atoms with van der Waals surface area (Å²) >= 11 is 0.287. The molecule has 2 heterocycles. The number of halogens is 3. The number of ether oxygens (including phenoxy) is 1. The molecule has 0 aliphatic heterocycles. The lowest BCUT2D eigenvalue weighted by atomic mass is 10.1. The number of anilines is 1. The number of pyridine rings is 1. The number of nitrogens with two attached hydrogens (primary N) is 1. The van der Waals surface area contributed by atoms with Crippen molar-refractivity contribution in [2.24, 2.45) is 5.73 Å². The third-order valence-corrected chi connectivity index (χ3v) is 6.85. The highest BCUT2D eigenvalue weighted by molar-refractivity contribution is 7.93. The van der Waals surface area contributed by atoms with E-state index >= 15 is 0 Å². The third-order valence-electron chi connectivity index (χ3n) is 3.63. The van der Waals surface area contributed by atoms with E-state index in [1.54, 1.807) is 0 Å². The van der Waals surface area contributed by atoms with Crippen LogP contribution in [-0.4, -0.2) is 43.0 Å². The van der Waals surface area contributed by atoms with Crippen molar-refractivity contribution in [3.8, 4) is 5.88 Å². The molecule has 0 aromatic carbocycles. The van der Waals surface area contributed by atoms with E-state index in [1.807, 2.05) is 0 Å². The van der Waals surface area contributed by atoms with Gasteiger partial charge in [0.25, 0.3) is 11.8 Å². The molecule has 30 heavy (non-hydrogen) atoms. The number of aliphatic hydroxyl groups is 1. The van der Waals surface area contributed by atoms with Gasteiger partial charge in [-0.25, -0.2) is 13.4 Å². The Hall–Kier alpha value is -2.71. The van der Waals surface area contributed by atoms with Crippen LogP contribution in [0.2, 0.25) is 0 Å². The van der Waals surface area contributed by atoms with Gasteiger partial charge in [0.15, 0.2) is 5.03 Å². The summed E-state index contributed by atoms with van der Waals surface area (Å²) in [5.74, 6) is -2.52. The number of carbonyl (C=O) groups excluding carboxylic acids is 2. The second-order valence-electron chi connectivity index (χ2n) is 6.39. The average molecular weight is 467 g/mol. The highest BCUT2D eigenvalue weighted by atomic mass is 32.2. The standard InChI is InChI=1S/C16H16F3N3O6S2/c1-15(2,25)14(24)22-12-7(11(20)23)6-10(29-12)30(26,27)13-8(16(17,18)19)4-5-9(21-13)28-3/h4-6,25H,1-3H3,(H2,20,23)(H,22,24). The van der Waals surface area contributed by atoms with E-state index in [4.69, 9.17) is 10.5 Å². The zero-order valence-electron chi connectivity index (χ0n) is 15.7. The topological polar surface area (TPSA) is 149 Å². The number of thiophene rings is 1. The highest BCUT2D eigenvalue weighted by Gasteiger charge is 2.40. The van der Waals surface area contributed by atoms with E-state index in [-0.39, 0.29) is 22.2 Å². The number of amides is 2. The van der Waals surface area contributed by atoms with Crippen molar-refractivity contribution < 1.29 is 41.0 Å². The summed E-state index contributed by atoms with van der Waals surface area (Å²) in [6.07, 6.45) is -5.05. The van der Waals surface area contributed by atoms with Crippen molar-refractivity contribution in [3.05, 3.63) is 29.3 Å². The molecule has 164 valence electrons. The number of nitrogens with zero attached hydrogens (tertiary/aromatic N) is 1. The van der Waals surface area contributed by atoms with E-state index in [2.05, 4.69) is 10.3 Å². The van der Waals surface area contributed by atoms with Crippen LogP contribution in [0.15, 0.2) is 27.4 Å². The molecule has 0 atom stereocenters. The van der Waals surface area contributed by atoms with E-state index < -0.39 is 53.8 Å². The van der Waals surface area contributed by atoms with Crippen molar-refractivity contribution >= 4 is 38.0 Å². The summed E-state index contributed by atoms with van der Waals surface area (Å²) in [6.45, 7) is 2.26. The Morgan fingerprint density at radius 3 is 2.33 bits per heavy atom. The van der Waals surface area contributed by atoms with Gasteiger partial charge in [0.2, 0.25) is 15.7 Å². The van der Waals surface area contributed by atoms with Crippen LogP contribution in [0.1, 0.15) is 29.8 Å². The number of methoxy groups -OCH3 is 1. The van der Waals surface area contributed by atoms with Crippen LogP contribution in [-0.2, 0) is 20.8 Å². The Morgan fingerprint density at radius 1 is 1.27 bits per heavy atom. The fourth-order valence-corrected chi connectivity index (χ4v) is 4.95. The summed E-state index contributed by atoms with van der Waals surface area (Å²) in [6, 6.07) is 2.07. The molecule has 0 bridgehead atoms. The molecule has 9 nitrogen and oxygen atoms in total. The molecule has 0 radical (unpaired) electrons. The van der Waals surface area contributed by atoms with Gasteiger partial charge in [-0.05, 0) is 26.0 Å². The first-order valence-electron chi connectivity index (χ1n) is 7.93. The minimum Gasteiger partial charge on any atom is -0.481 e. The van der Waals surface area contributed by atoms with Crippen molar-refractivity contribution in [2.75, 3.05) is 12.4 Å². The molecule has 0 saturated carbocycles. The number of nitrogens with one attached hydrogen (secondary N) is 1. The molecule has 0 aliphatic carbocycles. The number of primary amides is 1. The number of carbonyl (C=O) groups is 2. The fourth-order valence-electron chi connectivity index (χ4n) is 2.09. The van der Waals surface area contributed by atoms with Gasteiger partial charge < -0.3 is 20.9 Å². The Labute approximate surface area is 172 Å². The number of aromatic nitrogens is 1. The molecule has 4 N–H and O–H groups in total. The molecule has 0 aliphatic rings. The molecule has 2 aromatic heterocycles. The van der Waals surface area contributed by atoms with Gasteiger partial charge in [-0.3, -0.25) is 9.59 Å². The van der Waals surface area contributed by atoms with Crippen molar-refractivity contribution in [2.45, 2.75) is 34.9 Å². The van der Waals surface area contributed by atoms with Crippen LogP contribution < -0.4 is 15.8 Å². The Balaban J connectivity index is 2.68. The first-order valence-corrected chi connectivity index (χ1v) is 10.2. The maximum absolute atomic E-state index is 13.3. The first kappa shape index (κ1) is 23.6. The predicted molar refractivity (Wildman–Crippen MR) is 99.0 cm³/mol. The second kappa shape index (κ2) is 7.85. The molecule has 0 fully saturated rings. The molecule has 2 amide bonds. The SMILES string of the molecule is COc1ccc(C(F)(F)F)c(S(=O)(=O)c2cc(C(N)=O)c(NC(=O)C(C)(C)O)s2)n1. The summed E-state index contributed by atoms with van der Waals surface area (Å²) in [4.78, 5) is 27.1. The van der Waals surface area contributed by atoms with Gasteiger partial charge >= 0.3 is 6.18 Å². The van der Waals surface area contributed by atoms with Crippen molar-refractivity contribution in [1.82, 2.24) is 4.98 Å². The zero-order valence-corrected chi connectivity index (χ0v) is 17.3. The van der Waals surface area contributed by atoms with Crippen LogP contribution in [0.5, 0.6) is 5.88 Å². The summed E-state index contributed by atoms with van der Waals surface area (Å²) < 4.78 is 69.9. The number of hydrogen-bond donors (Lipinski definition) is 3. The lowest BCUT2D eigenvalue weighted by Gasteiger charge is -2.16. The van der Waals surface area contributed by atoms with E-state index in [0.717, 1.165) is 33.1 Å². The van der Waals surface area contributed by atoms with Gasteiger partial charge in [-0.15, -0.1) is 11.3 Å². The number of rotatable bonds is 6. The molecular weight excluding hydrogens is 451 g/mol. The smallest absolute Gasteiger partial charge is 0.419 e. The van der Waals surface area contributed by atoms with Crippen LogP contribution in [0.3, 0.4) is 0 Å². The largest absolute Gasteiger partial charge is 0.481 e. The first-order chi connectivity index (χ1) is 13.6. The van der Waals surface area contributed by atoms with E-state index in [1.165, 1.54) is 0 Å². The van der Waals surface area contributed by atoms with Crippen molar-refractivity contribution in [3.63, 3.8) is 0 Å². The lowest BCUT2D eigenvalue weighted by Crippen LogP contribution is -2.36. The quantitative estimate of drug-likeness (QED) is 0.587. The Bertz CT molecular complexity index is 1100. The zero-order chi connectivity index (χ0) is 23.1. The van der Waals surface area contributed by atoms with Crippen molar-refractivity contribution in [1.29, 1.82) is 0 Å². The summed E-state index contributed by atoms with van der Waals surface area (Å²) in [5, 5.41) is 10.2. The fraction of sp³-hybridized carbons (Fsp3) is 0.312. The molecule has 2 aromatic rings. The van der Waals surface area contributed by atoms with Gasteiger partial charge in [0.1, 0.15) is 14.8 Å². The summed E-state index contributed by atoms with van der Waals surface area (Å²) in [7, 11) is -3.82. The number of alkyl halides is 3. The molecule has 0 saturated heterocycles. The van der Waals surface area contributed by atoms with Crippen LogP contribution in [0.25, 0.3) is 0 Å². The average Bonchev–Trinajstić information content (AvgIpc) is 3.04. The van der Waals surface area contributed by atoms with Gasteiger partial charge in [0.05, 0.1) is 18.2 Å². The minimum atomic E-state index is -5.05. The minimum absolute atomic E-state index is 0.287.